The minimum atomic E-state index is -0.119. The first-order chi connectivity index (χ1) is 14.8. The fraction of sp³-hybridized carbons (Fsp3) is 1.00. The Hall–Kier alpha value is 0.230. The number of nitrogens with zero attached hydrogens (tertiary/aromatic N) is 1. The third kappa shape index (κ3) is 19.0. The van der Waals surface area contributed by atoms with E-state index in [1.807, 2.05) is 11.8 Å². The quantitative estimate of drug-likeness (QED) is 0.184. The Labute approximate surface area is 193 Å². The molecule has 4 heteroatoms. The van der Waals surface area contributed by atoms with E-state index in [1.54, 1.807) is 0 Å². The zero-order valence-electron chi connectivity index (χ0n) is 20.4. The number of thioether (sulfide) groups is 1. The zero-order chi connectivity index (χ0) is 21.5. The number of hydrogen-bond acceptors (Lipinski definition) is 4. The molecule has 1 saturated heterocycles. The third-order valence-electron chi connectivity index (χ3n) is 6.44. The molecule has 0 saturated carbocycles. The zero-order valence-corrected chi connectivity index (χ0v) is 21.2. The van der Waals surface area contributed by atoms with Gasteiger partial charge in [0.05, 0.1) is 6.10 Å². The minimum Gasteiger partial charge on any atom is -0.392 e. The highest BCUT2D eigenvalue weighted by Crippen LogP contribution is 2.15. The summed E-state index contributed by atoms with van der Waals surface area (Å²) >= 11 is 1.95. The predicted molar refractivity (Wildman–Crippen MR) is 137 cm³/mol. The lowest BCUT2D eigenvalue weighted by Crippen LogP contribution is -2.44. The summed E-state index contributed by atoms with van der Waals surface area (Å²) in [5.74, 6) is 2.15. The summed E-state index contributed by atoms with van der Waals surface area (Å²) in [7, 11) is 0. The van der Waals surface area contributed by atoms with E-state index < -0.39 is 0 Å². The first kappa shape index (κ1) is 28.3. The second-order valence-electron chi connectivity index (χ2n) is 9.41. The van der Waals surface area contributed by atoms with Crippen molar-refractivity contribution in [1.82, 2.24) is 10.2 Å². The van der Waals surface area contributed by atoms with E-state index in [-0.39, 0.29) is 6.10 Å². The number of aliphatic hydroxyl groups excluding tert-OH is 1. The van der Waals surface area contributed by atoms with Crippen molar-refractivity contribution in [1.29, 1.82) is 0 Å². The van der Waals surface area contributed by atoms with Crippen LogP contribution in [0.2, 0.25) is 0 Å². The van der Waals surface area contributed by atoms with Gasteiger partial charge in [-0.1, -0.05) is 103 Å². The van der Waals surface area contributed by atoms with Crippen LogP contribution in [-0.2, 0) is 0 Å². The van der Waals surface area contributed by atoms with E-state index in [1.165, 1.54) is 108 Å². The highest BCUT2D eigenvalue weighted by atomic mass is 32.2. The van der Waals surface area contributed by atoms with Gasteiger partial charge in [-0.15, -0.1) is 0 Å². The number of piperazine rings is 1. The van der Waals surface area contributed by atoms with Gasteiger partial charge in [0.15, 0.2) is 0 Å². The molecule has 1 aliphatic heterocycles. The van der Waals surface area contributed by atoms with E-state index in [0.717, 1.165) is 44.9 Å². The van der Waals surface area contributed by atoms with Crippen LogP contribution >= 0.6 is 11.8 Å². The maximum atomic E-state index is 10.2. The Kier molecular flexibility index (Phi) is 21.1. The average Bonchev–Trinajstić information content (AvgIpc) is 2.77. The van der Waals surface area contributed by atoms with E-state index in [2.05, 4.69) is 17.1 Å². The molecular formula is C26H54N2OS. The van der Waals surface area contributed by atoms with E-state index in [4.69, 9.17) is 0 Å². The van der Waals surface area contributed by atoms with Gasteiger partial charge in [-0.25, -0.2) is 0 Å². The van der Waals surface area contributed by atoms with Crippen LogP contribution < -0.4 is 5.32 Å². The molecule has 0 aromatic heterocycles. The molecule has 1 rings (SSSR count). The van der Waals surface area contributed by atoms with E-state index in [0.29, 0.717) is 0 Å². The molecule has 0 spiro atoms. The van der Waals surface area contributed by atoms with Gasteiger partial charge in [-0.3, -0.25) is 0 Å². The fourth-order valence-electron chi connectivity index (χ4n) is 4.32. The highest BCUT2D eigenvalue weighted by molar-refractivity contribution is 7.99. The number of unbranched alkanes of at least 4 members (excludes halogenated alkanes) is 15. The standard InChI is InChI=1S/C26H54N2OS/c1-2-3-4-5-6-7-8-9-10-11-12-13-14-15-16-17-24-30-25-26(29)18-21-28-22-19-27-20-23-28/h26-27,29H,2-25H2,1H3. The summed E-state index contributed by atoms with van der Waals surface area (Å²) in [5, 5.41) is 13.5. The molecule has 1 fully saturated rings. The van der Waals surface area contributed by atoms with Gasteiger partial charge in [0, 0.05) is 38.5 Å². The lowest BCUT2D eigenvalue weighted by Gasteiger charge is -2.27. The Morgan fingerprint density at radius 3 is 1.70 bits per heavy atom. The van der Waals surface area contributed by atoms with Crippen molar-refractivity contribution in [3.05, 3.63) is 0 Å². The molecule has 0 aromatic carbocycles. The lowest BCUT2D eigenvalue weighted by atomic mass is 10.0. The van der Waals surface area contributed by atoms with Crippen molar-refractivity contribution < 1.29 is 5.11 Å². The molecule has 1 aliphatic rings. The van der Waals surface area contributed by atoms with Gasteiger partial charge in [0.2, 0.25) is 0 Å². The molecular weight excluding hydrogens is 388 g/mol. The Balaban J connectivity index is 1.69. The third-order valence-corrected chi connectivity index (χ3v) is 7.64. The van der Waals surface area contributed by atoms with Gasteiger partial charge in [0.1, 0.15) is 0 Å². The van der Waals surface area contributed by atoms with Crippen molar-refractivity contribution in [2.24, 2.45) is 0 Å². The van der Waals surface area contributed by atoms with Crippen LogP contribution in [0.1, 0.15) is 116 Å². The number of rotatable bonds is 22. The first-order valence-corrected chi connectivity index (χ1v) is 14.7. The SMILES string of the molecule is CCCCCCCCCCCCCCCCCCSCC(O)CCN1CCNCC1. The predicted octanol–water partition coefficient (Wildman–Crippen LogP) is 6.64. The van der Waals surface area contributed by atoms with Gasteiger partial charge in [0.25, 0.3) is 0 Å². The van der Waals surface area contributed by atoms with Gasteiger partial charge >= 0.3 is 0 Å². The molecule has 1 heterocycles. The van der Waals surface area contributed by atoms with Crippen molar-refractivity contribution >= 4 is 11.8 Å². The summed E-state index contributed by atoms with van der Waals surface area (Å²) in [5.41, 5.74) is 0. The topological polar surface area (TPSA) is 35.5 Å². The summed E-state index contributed by atoms with van der Waals surface area (Å²) in [4.78, 5) is 2.47. The summed E-state index contributed by atoms with van der Waals surface area (Å²) in [6.07, 6.45) is 23.7. The molecule has 30 heavy (non-hydrogen) atoms. The van der Waals surface area contributed by atoms with E-state index >= 15 is 0 Å². The van der Waals surface area contributed by atoms with Crippen LogP contribution in [0.25, 0.3) is 0 Å². The average molecular weight is 443 g/mol. The second kappa shape index (κ2) is 22.4. The van der Waals surface area contributed by atoms with Gasteiger partial charge in [-0.2, -0.15) is 11.8 Å². The summed E-state index contributed by atoms with van der Waals surface area (Å²) in [6, 6.07) is 0. The number of nitrogens with one attached hydrogen (secondary N) is 1. The van der Waals surface area contributed by atoms with Crippen molar-refractivity contribution in [2.45, 2.75) is 122 Å². The lowest BCUT2D eigenvalue weighted by molar-refractivity contribution is 0.153. The maximum absolute atomic E-state index is 10.2. The molecule has 0 aromatic rings. The van der Waals surface area contributed by atoms with Gasteiger partial charge in [-0.05, 0) is 18.6 Å². The highest BCUT2D eigenvalue weighted by Gasteiger charge is 2.11. The maximum Gasteiger partial charge on any atom is 0.0642 e. The first-order valence-electron chi connectivity index (χ1n) is 13.5. The van der Waals surface area contributed by atoms with Crippen LogP contribution in [-0.4, -0.2) is 60.3 Å². The monoisotopic (exact) mass is 442 g/mol. The summed E-state index contributed by atoms with van der Waals surface area (Å²) < 4.78 is 0. The van der Waals surface area contributed by atoms with Crippen LogP contribution in [0.4, 0.5) is 0 Å². The molecule has 2 N–H and O–H groups in total. The van der Waals surface area contributed by atoms with Crippen molar-refractivity contribution in [2.75, 3.05) is 44.2 Å². The van der Waals surface area contributed by atoms with Crippen LogP contribution in [0, 0.1) is 0 Å². The second-order valence-corrected chi connectivity index (χ2v) is 10.6. The van der Waals surface area contributed by atoms with Crippen molar-refractivity contribution in [3.8, 4) is 0 Å². The van der Waals surface area contributed by atoms with Crippen LogP contribution in [0.5, 0.6) is 0 Å². The number of aliphatic hydroxyl groups is 1. The van der Waals surface area contributed by atoms with E-state index in [9.17, 15) is 5.11 Å². The largest absolute Gasteiger partial charge is 0.392 e. The normalized spacial score (nSPS) is 16.2. The van der Waals surface area contributed by atoms with Crippen molar-refractivity contribution in [3.63, 3.8) is 0 Å². The Morgan fingerprint density at radius 1 is 0.733 bits per heavy atom. The molecule has 0 bridgehead atoms. The summed E-state index contributed by atoms with van der Waals surface area (Å²) in [6.45, 7) is 7.83. The molecule has 0 aliphatic carbocycles. The molecule has 1 unspecified atom stereocenters. The molecule has 180 valence electrons. The molecule has 3 nitrogen and oxygen atoms in total. The molecule has 0 amide bonds. The molecule has 1 atom stereocenters. The fourth-order valence-corrected chi connectivity index (χ4v) is 5.33. The minimum absolute atomic E-state index is 0.119. The Morgan fingerprint density at radius 2 is 1.20 bits per heavy atom. The Bertz CT molecular complexity index is 337. The smallest absolute Gasteiger partial charge is 0.0642 e. The van der Waals surface area contributed by atoms with Crippen LogP contribution in [0.3, 0.4) is 0 Å². The van der Waals surface area contributed by atoms with Crippen LogP contribution in [0.15, 0.2) is 0 Å². The number of hydrogen-bond donors (Lipinski definition) is 2. The van der Waals surface area contributed by atoms with Gasteiger partial charge < -0.3 is 15.3 Å². The molecule has 0 radical (unpaired) electrons.